The minimum Gasteiger partial charge on any atom is -0.344 e. The first-order valence-corrected chi connectivity index (χ1v) is 6.86. The van der Waals surface area contributed by atoms with Gasteiger partial charge in [-0.15, -0.1) is 0 Å². The standard InChI is InChI=1S/C18H18N2O/c19-14-18(21)20-12-4-7-15-8-10-17(11-9-15)13-16-5-2-1-3-6-16/h1-3,5-6,8-11H,12-14,19H2,(H,20,21). The average Bonchev–Trinajstić information content (AvgIpc) is 2.54. The number of hydrogen-bond donors (Lipinski definition) is 2. The van der Waals surface area contributed by atoms with E-state index in [-0.39, 0.29) is 12.5 Å². The summed E-state index contributed by atoms with van der Waals surface area (Å²) in [4.78, 5) is 10.9. The maximum Gasteiger partial charge on any atom is 0.234 e. The molecule has 2 aromatic rings. The molecule has 0 unspecified atom stereocenters. The zero-order chi connectivity index (χ0) is 14.9. The van der Waals surface area contributed by atoms with Crippen LogP contribution in [-0.2, 0) is 11.2 Å². The highest BCUT2D eigenvalue weighted by atomic mass is 16.1. The van der Waals surface area contributed by atoms with Gasteiger partial charge in [0, 0.05) is 5.56 Å². The molecule has 106 valence electrons. The number of amides is 1. The second kappa shape index (κ2) is 7.88. The third kappa shape index (κ3) is 5.13. The van der Waals surface area contributed by atoms with Crippen LogP contribution in [0.3, 0.4) is 0 Å². The largest absolute Gasteiger partial charge is 0.344 e. The van der Waals surface area contributed by atoms with Crippen LogP contribution in [0.2, 0.25) is 0 Å². The fourth-order valence-electron chi connectivity index (χ4n) is 1.90. The Morgan fingerprint density at radius 3 is 2.33 bits per heavy atom. The summed E-state index contributed by atoms with van der Waals surface area (Å²) in [5.41, 5.74) is 8.67. The van der Waals surface area contributed by atoms with Crippen molar-refractivity contribution in [2.75, 3.05) is 13.1 Å². The van der Waals surface area contributed by atoms with Crippen molar-refractivity contribution in [1.29, 1.82) is 0 Å². The lowest BCUT2D eigenvalue weighted by molar-refractivity contribution is -0.119. The van der Waals surface area contributed by atoms with Crippen molar-refractivity contribution >= 4 is 5.91 Å². The number of hydrogen-bond acceptors (Lipinski definition) is 2. The Morgan fingerprint density at radius 1 is 1.00 bits per heavy atom. The van der Waals surface area contributed by atoms with Gasteiger partial charge in [-0.1, -0.05) is 54.3 Å². The maximum atomic E-state index is 10.9. The minimum absolute atomic E-state index is 0.00410. The van der Waals surface area contributed by atoms with Crippen molar-refractivity contribution in [3.05, 3.63) is 71.3 Å². The number of carbonyl (C=O) groups is 1. The topological polar surface area (TPSA) is 55.1 Å². The van der Waals surface area contributed by atoms with E-state index in [2.05, 4.69) is 41.4 Å². The van der Waals surface area contributed by atoms with E-state index in [1.54, 1.807) is 0 Å². The molecule has 0 fully saturated rings. The second-order valence-electron chi connectivity index (χ2n) is 4.64. The van der Waals surface area contributed by atoms with E-state index in [1.165, 1.54) is 11.1 Å². The van der Waals surface area contributed by atoms with Gasteiger partial charge in [0.25, 0.3) is 0 Å². The van der Waals surface area contributed by atoms with Gasteiger partial charge < -0.3 is 11.1 Å². The number of nitrogens with two attached hydrogens (primary N) is 1. The van der Waals surface area contributed by atoms with E-state index in [9.17, 15) is 4.79 Å². The number of benzene rings is 2. The predicted octanol–water partition coefficient (Wildman–Crippen LogP) is 1.70. The monoisotopic (exact) mass is 278 g/mol. The maximum absolute atomic E-state index is 10.9. The quantitative estimate of drug-likeness (QED) is 0.836. The molecule has 0 aliphatic rings. The van der Waals surface area contributed by atoms with Gasteiger partial charge in [-0.25, -0.2) is 0 Å². The average molecular weight is 278 g/mol. The molecule has 0 atom stereocenters. The third-order valence-corrected chi connectivity index (χ3v) is 3.00. The van der Waals surface area contributed by atoms with Crippen molar-refractivity contribution < 1.29 is 4.79 Å². The highest BCUT2D eigenvalue weighted by Gasteiger charge is 1.96. The Bertz CT molecular complexity index is 636. The molecule has 0 aliphatic heterocycles. The van der Waals surface area contributed by atoms with Crippen LogP contribution in [-0.4, -0.2) is 19.0 Å². The van der Waals surface area contributed by atoms with Gasteiger partial charge in [0.2, 0.25) is 5.91 Å². The lowest BCUT2D eigenvalue weighted by atomic mass is 10.0. The minimum atomic E-state index is -0.192. The fraction of sp³-hybridized carbons (Fsp3) is 0.167. The molecule has 1 amide bonds. The van der Waals surface area contributed by atoms with Crippen LogP contribution in [0.25, 0.3) is 0 Å². The Hall–Kier alpha value is -2.57. The molecule has 3 heteroatoms. The molecule has 3 nitrogen and oxygen atoms in total. The smallest absolute Gasteiger partial charge is 0.234 e. The van der Waals surface area contributed by atoms with Gasteiger partial charge >= 0.3 is 0 Å². The molecular weight excluding hydrogens is 260 g/mol. The fourth-order valence-corrected chi connectivity index (χ4v) is 1.90. The zero-order valence-corrected chi connectivity index (χ0v) is 11.8. The van der Waals surface area contributed by atoms with Crippen LogP contribution < -0.4 is 11.1 Å². The van der Waals surface area contributed by atoms with Crippen molar-refractivity contribution in [2.45, 2.75) is 6.42 Å². The van der Waals surface area contributed by atoms with Crippen LogP contribution in [0.15, 0.2) is 54.6 Å². The molecule has 0 spiro atoms. The molecule has 3 N–H and O–H groups in total. The lowest BCUT2D eigenvalue weighted by Gasteiger charge is -2.01. The van der Waals surface area contributed by atoms with Gasteiger partial charge in [0.1, 0.15) is 0 Å². The van der Waals surface area contributed by atoms with Crippen LogP contribution in [0.5, 0.6) is 0 Å². The summed E-state index contributed by atoms with van der Waals surface area (Å²) in [6.07, 6.45) is 0.918. The Morgan fingerprint density at radius 2 is 1.67 bits per heavy atom. The molecule has 2 aromatic carbocycles. The number of nitrogens with one attached hydrogen (secondary N) is 1. The summed E-state index contributed by atoms with van der Waals surface area (Å²) in [5, 5.41) is 2.61. The van der Waals surface area contributed by atoms with Crippen molar-refractivity contribution in [1.82, 2.24) is 5.32 Å². The van der Waals surface area contributed by atoms with Crippen molar-refractivity contribution in [3.63, 3.8) is 0 Å². The highest BCUT2D eigenvalue weighted by Crippen LogP contribution is 2.10. The van der Waals surface area contributed by atoms with E-state index >= 15 is 0 Å². The predicted molar refractivity (Wildman–Crippen MR) is 84.6 cm³/mol. The van der Waals surface area contributed by atoms with E-state index in [4.69, 9.17) is 5.73 Å². The molecule has 2 rings (SSSR count). The van der Waals surface area contributed by atoms with Crippen molar-refractivity contribution in [2.24, 2.45) is 5.73 Å². The molecule has 0 aromatic heterocycles. The number of carbonyl (C=O) groups excluding carboxylic acids is 1. The highest BCUT2D eigenvalue weighted by molar-refractivity contribution is 5.77. The summed E-state index contributed by atoms with van der Waals surface area (Å²) in [5.74, 6) is 5.72. The molecule has 0 aliphatic carbocycles. The van der Waals surface area contributed by atoms with E-state index in [0.29, 0.717) is 6.54 Å². The van der Waals surface area contributed by atoms with Gasteiger partial charge in [0.15, 0.2) is 0 Å². The SMILES string of the molecule is NCC(=O)NCC#Cc1ccc(Cc2ccccc2)cc1. The summed E-state index contributed by atoms with van der Waals surface area (Å²) in [7, 11) is 0. The van der Waals surface area contributed by atoms with Crippen LogP contribution in [0.1, 0.15) is 16.7 Å². The molecule has 21 heavy (non-hydrogen) atoms. The van der Waals surface area contributed by atoms with Gasteiger partial charge in [0.05, 0.1) is 13.1 Å². The van der Waals surface area contributed by atoms with Crippen LogP contribution in [0, 0.1) is 11.8 Å². The van der Waals surface area contributed by atoms with E-state index < -0.39 is 0 Å². The first kappa shape index (κ1) is 14.8. The molecule has 0 saturated carbocycles. The Kier molecular flexibility index (Phi) is 5.57. The summed E-state index contributed by atoms with van der Waals surface area (Å²) in [6.45, 7) is 0.317. The summed E-state index contributed by atoms with van der Waals surface area (Å²) in [6, 6.07) is 18.5. The molecule has 0 heterocycles. The molecule has 0 bridgehead atoms. The third-order valence-electron chi connectivity index (χ3n) is 3.00. The van der Waals surface area contributed by atoms with Gasteiger partial charge in [-0.2, -0.15) is 0 Å². The Labute approximate surface area is 125 Å². The number of rotatable bonds is 4. The first-order valence-electron chi connectivity index (χ1n) is 6.86. The van der Waals surface area contributed by atoms with Crippen molar-refractivity contribution in [3.8, 4) is 11.8 Å². The normalized spacial score (nSPS) is 9.57. The van der Waals surface area contributed by atoms with Gasteiger partial charge in [-0.3, -0.25) is 4.79 Å². The molecule has 0 radical (unpaired) electrons. The Balaban J connectivity index is 1.90. The summed E-state index contributed by atoms with van der Waals surface area (Å²) < 4.78 is 0. The second-order valence-corrected chi connectivity index (χ2v) is 4.64. The lowest BCUT2D eigenvalue weighted by Crippen LogP contribution is -2.30. The summed E-state index contributed by atoms with van der Waals surface area (Å²) >= 11 is 0. The van der Waals surface area contributed by atoms with Crippen LogP contribution >= 0.6 is 0 Å². The molecular formula is C18H18N2O. The van der Waals surface area contributed by atoms with Crippen LogP contribution in [0.4, 0.5) is 0 Å². The zero-order valence-electron chi connectivity index (χ0n) is 11.8. The van der Waals surface area contributed by atoms with Gasteiger partial charge in [-0.05, 0) is 29.7 Å². The van der Waals surface area contributed by atoms with E-state index in [1.807, 2.05) is 30.3 Å². The molecule has 0 saturated heterocycles. The van der Waals surface area contributed by atoms with E-state index in [0.717, 1.165) is 12.0 Å². The first-order chi connectivity index (χ1) is 10.3.